The van der Waals surface area contributed by atoms with Gasteiger partial charge in [0.15, 0.2) is 0 Å². The van der Waals surface area contributed by atoms with E-state index in [0.717, 1.165) is 13.1 Å². The van der Waals surface area contributed by atoms with Crippen LogP contribution in [-0.2, 0) is 6.54 Å². The van der Waals surface area contributed by atoms with Crippen LogP contribution < -0.4 is 5.32 Å². The molecule has 0 radical (unpaired) electrons. The van der Waals surface area contributed by atoms with Crippen molar-refractivity contribution in [2.24, 2.45) is 0 Å². The molecule has 20 heavy (non-hydrogen) atoms. The zero-order valence-electron chi connectivity index (χ0n) is 12.0. The average Bonchev–Trinajstić information content (AvgIpc) is 2.87. The van der Waals surface area contributed by atoms with E-state index in [1.807, 2.05) is 0 Å². The smallest absolute Gasteiger partial charge is 0.127 e. The Bertz CT molecular complexity index is 485. The number of nitrogens with zero attached hydrogens (tertiary/aromatic N) is 1. The van der Waals surface area contributed by atoms with Gasteiger partial charge in [0.1, 0.15) is 5.82 Å². The molecule has 1 aliphatic carbocycles. The summed E-state index contributed by atoms with van der Waals surface area (Å²) in [5.41, 5.74) is 0.973. The standard InChI is InChI=1S/C16H22ClFN2/c1-12-9-19-16(6-2-3-7-16)11-20(12)10-13-8-14(17)4-5-15(13)18/h4-5,8,12,19H,2-3,6-7,9-11H2,1H3. The van der Waals surface area contributed by atoms with Crippen LogP contribution in [0.3, 0.4) is 0 Å². The molecule has 4 heteroatoms. The molecule has 1 N–H and O–H groups in total. The fraction of sp³-hybridized carbons (Fsp3) is 0.625. The third-order valence-electron chi connectivity index (χ3n) is 4.84. The molecule has 1 saturated heterocycles. The minimum absolute atomic E-state index is 0.152. The van der Waals surface area contributed by atoms with Gasteiger partial charge in [-0.15, -0.1) is 0 Å². The maximum atomic E-state index is 13.9. The Labute approximate surface area is 125 Å². The summed E-state index contributed by atoms with van der Waals surface area (Å²) >= 11 is 5.99. The van der Waals surface area contributed by atoms with E-state index < -0.39 is 0 Å². The first-order valence-electron chi connectivity index (χ1n) is 7.51. The zero-order chi connectivity index (χ0) is 14.2. The summed E-state index contributed by atoms with van der Waals surface area (Å²) in [7, 11) is 0. The number of hydrogen-bond acceptors (Lipinski definition) is 2. The molecule has 0 amide bonds. The van der Waals surface area contributed by atoms with Crippen LogP contribution in [0.1, 0.15) is 38.2 Å². The van der Waals surface area contributed by atoms with Crippen molar-refractivity contribution >= 4 is 11.6 Å². The van der Waals surface area contributed by atoms with E-state index in [-0.39, 0.29) is 11.4 Å². The third-order valence-corrected chi connectivity index (χ3v) is 5.08. The molecule has 1 aliphatic heterocycles. The second-order valence-electron chi connectivity index (χ2n) is 6.36. The Morgan fingerprint density at radius 3 is 2.90 bits per heavy atom. The minimum Gasteiger partial charge on any atom is -0.308 e. The first-order chi connectivity index (χ1) is 9.58. The predicted octanol–water partition coefficient (Wildman–Crippen LogP) is 3.59. The predicted molar refractivity (Wildman–Crippen MR) is 80.5 cm³/mol. The van der Waals surface area contributed by atoms with E-state index in [1.54, 1.807) is 12.1 Å². The van der Waals surface area contributed by atoms with Crippen molar-refractivity contribution in [2.75, 3.05) is 13.1 Å². The Kier molecular flexibility index (Phi) is 4.02. The molecule has 0 bridgehead atoms. The number of nitrogens with one attached hydrogen (secondary N) is 1. The lowest BCUT2D eigenvalue weighted by atomic mass is 9.92. The highest BCUT2D eigenvalue weighted by Gasteiger charge is 2.39. The summed E-state index contributed by atoms with van der Waals surface area (Å²) in [6.07, 6.45) is 5.10. The Hall–Kier alpha value is -0.640. The molecule has 3 rings (SSSR count). The van der Waals surface area contributed by atoms with Crippen LogP contribution in [0.5, 0.6) is 0 Å². The van der Waals surface area contributed by atoms with Crippen LogP contribution in [0.4, 0.5) is 4.39 Å². The van der Waals surface area contributed by atoms with Crippen LogP contribution in [0.25, 0.3) is 0 Å². The van der Waals surface area contributed by atoms with Gasteiger partial charge in [0.2, 0.25) is 0 Å². The maximum Gasteiger partial charge on any atom is 0.127 e. The van der Waals surface area contributed by atoms with Gasteiger partial charge in [-0.25, -0.2) is 4.39 Å². The van der Waals surface area contributed by atoms with Gasteiger partial charge in [-0.2, -0.15) is 0 Å². The molecule has 1 saturated carbocycles. The van der Waals surface area contributed by atoms with Crippen LogP contribution in [-0.4, -0.2) is 29.6 Å². The van der Waals surface area contributed by atoms with Crippen LogP contribution >= 0.6 is 11.6 Å². The van der Waals surface area contributed by atoms with E-state index in [1.165, 1.54) is 31.7 Å². The van der Waals surface area contributed by atoms with Gasteiger partial charge in [0.05, 0.1) is 0 Å². The van der Waals surface area contributed by atoms with Gasteiger partial charge in [0, 0.05) is 41.8 Å². The Morgan fingerprint density at radius 2 is 2.15 bits per heavy atom. The molecule has 1 atom stereocenters. The molecule has 1 spiro atoms. The summed E-state index contributed by atoms with van der Waals surface area (Å²) in [5.74, 6) is -0.152. The zero-order valence-corrected chi connectivity index (χ0v) is 12.7. The first-order valence-corrected chi connectivity index (χ1v) is 7.89. The minimum atomic E-state index is -0.152. The van der Waals surface area contributed by atoms with Gasteiger partial charge < -0.3 is 5.32 Å². The largest absolute Gasteiger partial charge is 0.308 e. The highest BCUT2D eigenvalue weighted by molar-refractivity contribution is 6.30. The van der Waals surface area contributed by atoms with E-state index in [0.29, 0.717) is 23.2 Å². The Balaban J connectivity index is 1.76. The topological polar surface area (TPSA) is 15.3 Å². The molecule has 2 aliphatic rings. The van der Waals surface area contributed by atoms with Crippen molar-refractivity contribution < 1.29 is 4.39 Å². The van der Waals surface area contributed by atoms with Gasteiger partial charge in [-0.3, -0.25) is 4.90 Å². The summed E-state index contributed by atoms with van der Waals surface area (Å²) in [5, 5.41) is 4.34. The van der Waals surface area contributed by atoms with Gasteiger partial charge in [0.25, 0.3) is 0 Å². The van der Waals surface area contributed by atoms with Crippen LogP contribution in [0.15, 0.2) is 18.2 Å². The summed E-state index contributed by atoms with van der Waals surface area (Å²) in [6.45, 7) is 4.86. The first kappa shape index (κ1) is 14.3. The quantitative estimate of drug-likeness (QED) is 0.897. The molecular formula is C16H22ClFN2. The van der Waals surface area contributed by atoms with E-state index in [4.69, 9.17) is 11.6 Å². The van der Waals surface area contributed by atoms with Crippen molar-refractivity contribution in [2.45, 2.75) is 50.7 Å². The molecule has 1 heterocycles. The summed E-state index contributed by atoms with van der Waals surface area (Å²) in [6, 6.07) is 5.27. The van der Waals surface area contributed by atoms with E-state index >= 15 is 0 Å². The lowest BCUT2D eigenvalue weighted by Gasteiger charge is -2.45. The monoisotopic (exact) mass is 296 g/mol. The van der Waals surface area contributed by atoms with Crippen molar-refractivity contribution in [3.63, 3.8) is 0 Å². The number of benzene rings is 1. The highest BCUT2D eigenvalue weighted by Crippen LogP contribution is 2.33. The molecule has 1 aromatic rings. The fourth-order valence-corrected chi connectivity index (χ4v) is 3.77. The molecule has 0 aromatic heterocycles. The number of hydrogen-bond donors (Lipinski definition) is 1. The average molecular weight is 297 g/mol. The van der Waals surface area contributed by atoms with Crippen LogP contribution in [0.2, 0.25) is 5.02 Å². The normalized spacial score (nSPS) is 26.2. The highest BCUT2D eigenvalue weighted by atomic mass is 35.5. The van der Waals surface area contributed by atoms with Crippen molar-refractivity contribution in [1.82, 2.24) is 10.2 Å². The van der Waals surface area contributed by atoms with E-state index in [2.05, 4.69) is 17.1 Å². The Morgan fingerprint density at radius 1 is 1.40 bits per heavy atom. The lowest BCUT2D eigenvalue weighted by molar-refractivity contribution is 0.0817. The summed E-state index contributed by atoms with van der Waals surface area (Å²) in [4.78, 5) is 2.40. The maximum absolute atomic E-state index is 13.9. The molecule has 1 aromatic carbocycles. The van der Waals surface area contributed by atoms with Gasteiger partial charge in [-0.1, -0.05) is 24.4 Å². The molecule has 110 valence electrons. The fourth-order valence-electron chi connectivity index (χ4n) is 3.58. The van der Waals surface area contributed by atoms with Crippen molar-refractivity contribution in [3.05, 3.63) is 34.6 Å². The molecule has 2 nitrogen and oxygen atoms in total. The molecule has 2 fully saturated rings. The second kappa shape index (κ2) is 5.63. The summed E-state index contributed by atoms with van der Waals surface area (Å²) < 4.78 is 13.9. The SMILES string of the molecule is CC1CNC2(CCCC2)CN1Cc1cc(Cl)ccc1F. The van der Waals surface area contributed by atoms with Crippen LogP contribution in [0, 0.1) is 5.82 Å². The van der Waals surface area contributed by atoms with Crippen molar-refractivity contribution in [3.8, 4) is 0 Å². The number of piperazine rings is 1. The van der Waals surface area contributed by atoms with Gasteiger partial charge >= 0.3 is 0 Å². The molecular weight excluding hydrogens is 275 g/mol. The van der Waals surface area contributed by atoms with Gasteiger partial charge in [-0.05, 0) is 38.0 Å². The van der Waals surface area contributed by atoms with E-state index in [9.17, 15) is 4.39 Å². The number of rotatable bonds is 2. The third kappa shape index (κ3) is 2.85. The lowest BCUT2D eigenvalue weighted by Crippen LogP contribution is -2.62. The molecule has 1 unspecified atom stereocenters. The second-order valence-corrected chi connectivity index (χ2v) is 6.79. The van der Waals surface area contributed by atoms with Crippen molar-refractivity contribution in [1.29, 1.82) is 0 Å². The number of halogens is 2.